The van der Waals surface area contributed by atoms with E-state index >= 15 is 0 Å². The van der Waals surface area contributed by atoms with Crippen molar-refractivity contribution in [3.8, 4) is 5.69 Å². The number of thiocarbonyl (C=S) groups is 1. The summed E-state index contributed by atoms with van der Waals surface area (Å²) in [6, 6.07) is 25.4. The van der Waals surface area contributed by atoms with Crippen molar-refractivity contribution in [3.05, 3.63) is 114 Å². The number of benzene rings is 2. The molecule has 2 aromatic carbocycles. The minimum Gasteiger partial charge on any atom is -0.465 e. The number of pyridine rings is 1. The van der Waals surface area contributed by atoms with Gasteiger partial charge in [0.1, 0.15) is 6.04 Å². The summed E-state index contributed by atoms with van der Waals surface area (Å²) in [5.74, 6) is -0.369. The van der Waals surface area contributed by atoms with Gasteiger partial charge in [-0.25, -0.2) is 4.79 Å². The van der Waals surface area contributed by atoms with Crippen molar-refractivity contribution in [3.63, 3.8) is 0 Å². The van der Waals surface area contributed by atoms with E-state index in [9.17, 15) is 4.79 Å². The van der Waals surface area contributed by atoms with Crippen molar-refractivity contribution in [2.24, 2.45) is 0 Å². The third-order valence-corrected chi connectivity index (χ3v) is 6.32. The van der Waals surface area contributed by atoms with Gasteiger partial charge in [0.25, 0.3) is 0 Å². The molecule has 3 heterocycles. The van der Waals surface area contributed by atoms with Crippen molar-refractivity contribution in [2.75, 3.05) is 12.0 Å². The molecule has 5 rings (SSSR count). The normalized spacial score (nSPS) is 17.5. The second-order valence-corrected chi connectivity index (χ2v) is 8.57. The Kier molecular flexibility index (Phi) is 5.86. The van der Waals surface area contributed by atoms with Crippen LogP contribution in [0.25, 0.3) is 5.69 Å². The number of aromatic nitrogens is 2. The molecule has 0 aliphatic carbocycles. The van der Waals surface area contributed by atoms with Crippen LogP contribution in [0.2, 0.25) is 0 Å². The number of anilines is 1. The zero-order chi connectivity index (χ0) is 23.7. The molecule has 34 heavy (non-hydrogen) atoms. The molecule has 1 aliphatic rings. The van der Waals surface area contributed by atoms with Crippen LogP contribution in [-0.4, -0.2) is 27.7 Å². The van der Waals surface area contributed by atoms with Crippen molar-refractivity contribution in [1.29, 1.82) is 0 Å². The van der Waals surface area contributed by atoms with Gasteiger partial charge in [-0.05, 0) is 79.3 Å². The number of rotatable bonds is 5. The second kappa shape index (κ2) is 9.11. The van der Waals surface area contributed by atoms with Crippen molar-refractivity contribution in [2.45, 2.75) is 19.0 Å². The van der Waals surface area contributed by atoms with Gasteiger partial charge < -0.3 is 19.5 Å². The third kappa shape index (κ3) is 3.95. The van der Waals surface area contributed by atoms with Gasteiger partial charge >= 0.3 is 5.97 Å². The smallest absolute Gasteiger partial charge is 0.337 e. The molecule has 0 bridgehead atoms. The quantitative estimate of drug-likeness (QED) is 0.323. The summed E-state index contributed by atoms with van der Waals surface area (Å²) < 4.78 is 7.01. The van der Waals surface area contributed by atoms with Gasteiger partial charge in [-0.1, -0.05) is 24.3 Å². The predicted octanol–water partition coefficient (Wildman–Crippen LogP) is 5.14. The van der Waals surface area contributed by atoms with E-state index in [0.29, 0.717) is 10.7 Å². The number of methoxy groups -OCH3 is 1. The lowest BCUT2D eigenvalue weighted by atomic mass is 10.0. The van der Waals surface area contributed by atoms with Crippen molar-refractivity contribution < 1.29 is 9.53 Å². The molecular formula is C27H24N4O2S. The highest BCUT2D eigenvalue weighted by molar-refractivity contribution is 7.80. The Morgan fingerprint density at radius 2 is 1.82 bits per heavy atom. The molecule has 7 heteroatoms. The number of nitrogens with one attached hydrogen (secondary N) is 1. The highest BCUT2D eigenvalue weighted by Gasteiger charge is 2.42. The lowest BCUT2D eigenvalue weighted by Crippen LogP contribution is -2.30. The summed E-state index contributed by atoms with van der Waals surface area (Å²) in [7, 11) is 1.39. The first kappa shape index (κ1) is 21.9. The maximum atomic E-state index is 12.2. The predicted molar refractivity (Wildman–Crippen MR) is 136 cm³/mol. The fraction of sp³-hybridized carbons (Fsp3) is 0.148. The zero-order valence-electron chi connectivity index (χ0n) is 18.9. The minimum absolute atomic E-state index is 0.161. The first-order valence-electron chi connectivity index (χ1n) is 11.0. The zero-order valence-corrected chi connectivity index (χ0v) is 19.7. The highest BCUT2D eigenvalue weighted by Crippen LogP contribution is 2.42. The van der Waals surface area contributed by atoms with Gasteiger partial charge in [-0.15, -0.1) is 0 Å². The van der Waals surface area contributed by atoms with E-state index in [2.05, 4.69) is 51.0 Å². The Morgan fingerprint density at radius 3 is 2.59 bits per heavy atom. The lowest BCUT2D eigenvalue weighted by molar-refractivity contribution is 0.0600. The maximum absolute atomic E-state index is 12.2. The number of aryl methyl sites for hydroxylation is 1. The summed E-state index contributed by atoms with van der Waals surface area (Å²) in [5.41, 5.74) is 5.45. The molecule has 170 valence electrons. The van der Waals surface area contributed by atoms with E-state index in [-0.39, 0.29) is 18.1 Å². The van der Waals surface area contributed by atoms with Crippen LogP contribution in [0.3, 0.4) is 0 Å². The van der Waals surface area contributed by atoms with Crippen molar-refractivity contribution >= 4 is 29.0 Å². The first-order valence-corrected chi connectivity index (χ1v) is 11.4. The number of ether oxygens (including phenoxy) is 1. The number of hydrogen-bond donors (Lipinski definition) is 1. The van der Waals surface area contributed by atoms with Crippen LogP contribution in [-0.2, 0) is 4.74 Å². The molecule has 2 atom stereocenters. The van der Waals surface area contributed by atoms with Crippen LogP contribution in [0.15, 0.2) is 91.3 Å². The molecule has 0 radical (unpaired) electrons. The molecule has 0 amide bonds. The molecule has 6 nitrogen and oxygen atoms in total. The van der Waals surface area contributed by atoms with E-state index in [1.165, 1.54) is 7.11 Å². The summed E-state index contributed by atoms with van der Waals surface area (Å²) in [5, 5.41) is 4.14. The largest absolute Gasteiger partial charge is 0.465 e. The van der Waals surface area contributed by atoms with E-state index in [1.54, 1.807) is 12.3 Å². The highest BCUT2D eigenvalue weighted by atomic mass is 32.1. The number of esters is 1. The molecule has 1 aliphatic heterocycles. The number of carbonyl (C=O) groups excluding carboxylic acids is 1. The summed E-state index contributed by atoms with van der Waals surface area (Å²) in [6.07, 6.45) is 3.79. The van der Waals surface area contributed by atoms with Crippen LogP contribution < -0.4 is 10.2 Å². The number of nitrogens with zero attached hydrogens (tertiary/aromatic N) is 3. The number of hydrogen-bond acceptors (Lipinski definition) is 4. The Hall–Kier alpha value is -3.97. The van der Waals surface area contributed by atoms with Gasteiger partial charge in [0.05, 0.1) is 24.4 Å². The molecule has 0 unspecified atom stereocenters. The average molecular weight is 469 g/mol. The van der Waals surface area contributed by atoms with Crippen LogP contribution in [0.5, 0.6) is 0 Å². The van der Waals surface area contributed by atoms with Gasteiger partial charge in [0.2, 0.25) is 0 Å². The van der Waals surface area contributed by atoms with E-state index in [0.717, 1.165) is 28.3 Å². The molecular weight excluding hydrogens is 444 g/mol. The number of carbonyl (C=O) groups is 1. The fourth-order valence-corrected chi connectivity index (χ4v) is 4.83. The van der Waals surface area contributed by atoms with Gasteiger partial charge in [0.15, 0.2) is 5.11 Å². The van der Waals surface area contributed by atoms with E-state index in [1.807, 2.05) is 54.7 Å². The molecule has 4 aromatic rings. The average Bonchev–Trinajstić information content (AvgIpc) is 3.48. The summed E-state index contributed by atoms with van der Waals surface area (Å²) >= 11 is 5.84. The van der Waals surface area contributed by atoms with Crippen molar-refractivity contribution in [1.82, 2.24) is 14.9 Å². The standard InChI is InChI=1S/C27H24N4O2S/c1-18-8-5-11-21(16-18)31-25(24(29-27(31)34)22-12-3-4-14-28-22)23-13-7-15-30(23)20-10-6-9-19(17-20)26(32)33-2/h3-17,24-25H,1-2H3,(H,29,34)/t24-,25+/m1/s1. The SMILES string of the molecule is COC(=O)c1cccc(-n2cccc2[C@H]2[C@@H](c3ccccn3)NC(=S)N2c2cccc(C)c2)c1. The topological polar surface area (TPSA) is 59.4 Å². The fourth-order valence-electron chi connectivity index (χ4n) is 4.48. The first-order chi connectivity index (χ1) is 16.6. The Labute approximate surface area is 203 Å². The minimum atomic E-state index is -0.369. The Balaban J connectivity index is 1.66. The van der Waals surface area contributed by atoms with Gasteiger partial charge in [-0.3, -0.25) is 4.98 Å². The molecule has 2 aromatic heterocycles. The van der Waals surface area contributed by atoms with Crippen LogP contribution in [0.4, 0.5) is 5.69 Å². The van der Waals surface area contributed by atoms with E-state index < -0.39 is 0 Å². The molecule has 0 saturated carbocycles. The summed E-state index contributed by atoms with van der Waals surface area (Å²) in [4.78, 5) is 18.9. The molecule has 0 spiro atoms. The van der Waals surface area contributed by atoms with Gasteiger partial charge in [-0.2, -0.15) is 0 Å². The second-order valence-electron chi connectivity index (χ2n) is 8.18. The molecule has 1 saturated heterocycles. The van der Waals surface area contributed by atoms with Crippen LogP contribution >= 0.6 is 12.2 Å². The Morgan fingerprint density at radius 1 is 1.00 bits per heavy atom. The summed E-state index contributed by atoms with van der Waals surface area (Å²) in [6.45, 7) is 2.07. The van der Waals surface area contributed by atoms with E-state index in [4.69, 9.17) is 17.0 Å². The van der Waals surface area contributed by atoms with Gasteiger partial charge in [0, 0.05) is 29.5 Å². The van der Waals surface area contributed by atoms with Crippen LogP contribution in [0.1, 0.15) is 39.4 Å². The maximum Gasteiger partial charge on any atom is 0.337 e. The third-order valence-electron chi connectivity index (χ3n) is 6.01. The Bertz CT molecular complexity index is 1350. The monoisotopic (exact) mass is 468 g/mol. The molecule has 1 fully saturated rings. The molecule has 1 N–H and O–H groups in total. The lowest BCUT2D eigenvalue weighted by Gasteiger charge is -2.29. The van der Waals surface area contributed by atoms with Crippen LogP contribution in [0, 0.1) is 6.92 Å².